The van der Waals surface area contributed by atoms with E-state index in [1.165, 1.54) is 11.6 Å². The van der Waals surface area contributed by atoms with Gasteiger partial charge in [-0.2, -0.15) is 0 Å². The summed E-state index contributed by atoms with van der Waals surface area (Å²) in [6, 6.07) is 14.1. The van der Waals surface area contributed by atoms with Gasteiger partial charge in [0.2, 0.25) is 5.91 Å². The van der Waals surface area contributed by atoms with Crippen LogP contribution in [0.5, 0.6) is 0 Å². The third kappa shape index (κ3) is 4.15. The minimum Gasteiger partial charge on any atom is -0.326 e. The number of halogens is 1. The molecule has 2 rings (SSSR count). The molecule has 0 atom stereocenters. The van der Waals surface area contributed by atoms with Crippen LogP contribution in [-0.4, -0.2) is 5.91 Å². The van der Waals surface area contributed by atoms with Crippen LogP contribution in [0.25, 0.3) is 0 Å². The Labute approximate surface area is 125 Å². The third-order valence-corrected chi connectivity index (χ3v) is 3.34. The minimum atomic E-state index is -0.351. The molecule has 0 aromatic heterocycles. The number of rotatable bonds is 3. The van der Waals surface area contributed by atoms with Crippen LogP contribution in [-0.2, 0) is 16.6 Å². The molecule has 0 radical (unpaired) electrons. The summed E-state index contributed by atoms with van der Waals surface area (Å²) in [6.07, 6.45) is 0.0354. The summed E-state index contributed by atoms with van der Waals surface area (Å²) in [5, 5.41) is 2.79. The fourth-order valence-electron chi connectivity index (χ4n) is 2.07. The molecule has 1 amide bonds. The fourth-order valence-corrected chi connectivity index (χ4v) is 2.07. The van der Waals surface area contributed by atoms with Gasteiger partial charge in [0, 0.05) is 5.69 Å². The lowest BCUT2D eigenvalue weighted by atomic mass is 9.87. The zero-order valence-electron chi connectivity index (χ0n) is 12.6. The highest BCUT2D eigenvalue weighted by atomic mass is 19.1. The first-order valence-corrected chi connectivity index (χ1v) is 7.00. The Morgan fingerprint density at radius 2 is 1.67 bits per heavy atom. The maximum Gasteiger partial charge on any atom is 0.228 e. The summed E-state index contributed by atoms with van der Waals surface area (Å²) in [7, 11) is 0. The van der Waals surface area contributed by atoms with Gasteiger partial charge in [0.1, 0.15) is 5.82 Å². The van der Waals surface area contributed by atoms with Crippen LogP contribution >= 0.6 is 0 Å². The number of nitrogens with one attached hydrogen (secondary N) is 1. The van der Waals surface area contributed by atoms with Crippen molar-refractivity contribution < 1.29 is 9.18 Å². The van der Waals surface area contributed by atoms with Gasteiger partial charge in [0.05, 0.1) is 6.42 Å². The first kappa shape index (κ1) is 15.2. The molecule has 0 saturated carbocycles. The molecule has 0 spiro atoms. The number of amides is 1. The maximum absolute atomic E-state index is 13.5. The standard InChI is InChI=1S/C18H20FNO/c1-18(2,3)14-8-10-15(11-9-14)20-17(21)12-13-6-4-5-7-16(13)19/h4-11H,12H2,1-3H3,(H,20,21). The van der Waals surface area contributed by atoms with E-state index in [0.29, 0.717) is 5.56 Å². The van der Waals surface area contributed by atoms with Crippen LogP contribution in [0.4, 0.5) is 10.1 Å². The summed E-state index contributed by atoms with van der Waals surface area (Å²) in [5.41, 5.74) is 2.41. The van der Waals surface area contributed by atoms with Crippen LogP contribution in [0.3, 0.4) is 0 Å². The Hall–Kier alpha value is -2.16. The number of anilines is 1. The topological polar surface area (TPSA) is 29.1 Å². The average Bonchev–Trinajstić information content (AvgIpc) is 2.41. The Morgan fingerprint density at radius 3 is 2.24 bits per heavy atom. The molecule has 0 fully saturated rings. The highest BCUT2D eigenvalue weighted by molar-refractivity contribution is 5.92. The van der Waals surface area contributed by atoms with Gasteiger partial charge in [-0.15, -0.1) is 0 Å². The summed E-state index contributed by atoms with van der Waals surface area (Å²) >= 11 is 0. The highest BCUT2D eigenvalue weighted by Crippen LogP contribution is 2.23. The molecular weight excluding hydrogens is 265 g/mol. The van der Waals surface area contributed by atoms with Crippen molar-refractivity contribution in [3.63, 3.8) is 0 Å². The van der Waals surface area contributed by atoms with E-state index in [9.17, 15) is 9.18 Å². The van der Waals surface area contributed by atoms with Gasteiger partial charge in [-0.3, -0.25) is 4.79 Å². The molecule has 2 nitrogen and oxygen atoms in total. The van der Waals surface area contributed by atoms with E-state index < -0.39 is 0 Å². The van der Waals surface area contributed by atoms with Crippen molar-refractivity contribution in [2.24, 2.45) is 0 Å². The maximum atomic E-state index is 13.5. The molecule has 0 aliphatic rings. The molecule has 0 heterocycles. The summed E-state index contributed by atoms with van der Waals surface area (Å²) in [4.78, 5) is 11.9. The zero-order valence-corrected chi connectivity index (χ0v) is 12.6. The van der Waals surface area contributed by atoms with Crippen molar-refractivity contribution in [1.82, 2.24) is 0 Å². The van der Waals surface area contributed by atoms with Crippen LogP contribution < -0.4 is 5.32 Å². The van der Waals surface area contributed by atoms with Crippen molar-refractivity contribution in [2.75, 3.05) is 5.32 Å². The van der Waals surface area contributed by atoms with Crippen molar-refractivity contribution in [3.05, 3.63) is 65.5 Å². The average molecular weight is 285 g/mol. The van der Waals surface area contributed by atoms with Gasteiger partial charge in [-0.25, -0.2) is 4.39 Å². The third-order valence-electron chi connectivity index (χ3n) is 3.34. The second kappa shape index (κ2) is 6.08. The molecule has 3 heteroatoms. The molecule has 0 unspecified atom stereocenters. The van der Waals surface area contributed by atoms with Crippen molar-refractivity contribution in [1.29, 1.82) is 0 Å². The van der Waals surface area contributed by atoms with E-state index >= 15 is 0 Å². The number of hydrogen-bond donors (Lipinski definition) is 1. The van der Waals surface area contributed by atoms with E-state index in [1.807, 2.05) is 24.3 Å². The van der Waals surface area contributed by atoms with Crippen LogP contribution in [0.15, 0.2) is 48.5 Å². The molecule has 1 N–H and O–H groups in total. The fraction of sp³-hybridized carbons (Fsp3) is 0.278. The molecule has 2 aromatic rings. The van der Waals surface area contributed by atoms with Gasteiger partial charge in [-0.05, 0) is 34.7 Å². The highest BCUT2D eigenvalue weighted by Gasteiger charge is 2.13. The van der Waals surface area contributed by atoms with Gasteiger partial charge in [0.25, 0.3) is 0 Å². The normalized spacial score (nSPS) is 11.2. The molecule has 110 valence electrons. The summed E-state index contributed by atoms with van der Waals surface area (Å²) in [6.45, 7) is 6.41. The largest absolute Gasteiger partial charge is 0.326 e. The monoisotopic (exact) mass is 285 g/mol. The van der Waals surface area contributed by atoms with Crippen LogP contribution in [0.1, 0.15) is 31.9 Å². The second-order valence-electron chi connectivity index (χ2n) is 6.14. The van der Waals surface area contributed by atoms with Gasteiger partial charge < -0.3 is 5.32 Å². The van der Waals surface area contributed by atoms with Crippen molar-refractivity contribution in [2.45, 2.75) is 32.6 Å². The van der Waals surface area contributed by atoms with E-state index in [4.69, 9.17) is 0 Å². The Kier molecular flexibility index (Phi) is 4.41. The molecule has 0 saturated heterocycles. The summed E-state index contributed by atoms with van der Waals surface area (Å²) < 4.78 is 13.5. The molecule has 0 aliphatic heterocycles. The zero-order chi connectivity index (χ0) is 15.5. The van der Waals surface area contributed by atoms with Gasteiger partial charge in [0.15, 0.2) is 0 Å². The first-order chi connectivity index (χ1) is 9.86. The molecule has 2 aromatic carbocycles. The Morgan fingerprint density at radius 1 is 1.05 bits per heavy atom. The molecule has 0 bridgehead atoms. The Bertz CT molecular complexity index is 626. The number of hydrogen-bond acceptors (Lipinski definition) is 1. The lowest BCUT2D eigenvalue weighted by Crippen LogP contribution is -2.16. The lowest BCUT2D eigenvalue weighted by Gasteiger charge is -2.19. The van der Waals surface area contributed by atoms with E-state index in [0.717, 1.165) is 5.69 Å². The Balaban J connectivity index is 2.02. The quantitative estimate of drug-likeness (QED) is 0.894. The number of carbonyl (C=O) groups excluding carboxylic acids is 1. The van der Waals surface area contributed by atoms with E-state index in [1.54, 1.807) is 18.2 Å². The van der Waals surface area contributed by atoms with E-state index in [2.05, 4.69) is 26.1 Å². The molecule has 0 aliphatic carbocycles. The SMILES string of the molecule is CC(C)(C)c1ccc(NC(=O)Cc2ccccc2F)cc1. The van der Waals surface area contributed by atoms with Crippen LogP contribution in [0.2, 0.25) is 0 Å². The predicted octanol–water partition coefficient (Wildman–Crippen LogP) is 4.30. The van der Waals surface area contributed by atoms with Crippen molar-refractivity contribution >= 4 is 11.6 Å². The van der Waals surface area contributed by atoms with Gasteiger partial charge >= 0.3 is 0 Å². The second-order valence-corrected chi connectivity index (χ2v) is 6.14. The van der Waals surface area contributed by atoms with Crippen molar-refractivity contribution in [3.8, 4) is 0 Å². The number of carbonyl (C=O) groups is 1. The van der Waals surface area contributed by atoms with Crippen LogP contribution in [0, 0.1) is 5.82 Å². The lowest BCUT2D eigenvalue weighted by molar-refractivity contribution is -0.115. The molecular formula is C18H20FNO. The van der Waals surface area contributed by atoms with Gasteiger partial charge in [-0.1, -0.05) is 51.1 Å². The van der Waals surface area contributed by atoms with E-state index in [-0.39, 0.29) is 23.6 Å². The minimum absolute atomic E-state index is 0.0354. The molecule has 21 heavy (non-hydrogen) atoms. The smallest absolute Gasteiger partial charge is 0.228 e. The summed E-state index contributed by atoms with van der Waals surface area (Å²) in [5.74, 6) is -0.570. The predicted molar refractivity (Wildman–Crippen MR) is 83.9 cm³/mol. The first-order valence-electron chi connectivity index (χ1n) is 7.00. The number of benzene rings is 2.